The smallest absolute Gasteiger partial charge is 0.416 e. The first kappa shape index (κ1) is 14.4. The van der Waals surface area contributed by atoms with Crippen LogP contribution in [-0.2, 0) is 15.7 Å². The summed E-state index contributed by atoms with van der Waals surface area (Å²) in [5.74, 6) is -2.08. The molecule has 0 aliphatic heterocycles. The average Bonchev–Trinajstić information content (AvgIpc) is 2.27. The van der Waals surface area contributed by atoms with Crippen LogP contribution in [0.4, 0.5) is 17.6 Å². The van der Waals surface area contributed by atoms with E-state index in [0.717, 1.165) is 6.07 Å². The summed E-state index contributed by atoms with van der Waals surface area (Å²) in [6, 6.07) is 0.360. The summed E-state index contributed by atoms with van der Waals surface area (Å²) in [4.78, 5) is 11.2. The van der Waals surface area contributed by atoms with Crippen LogP contribution in [-0.4, -0.2) is 12.6 Å². The molecule has 0 aliphatic rings. The molecule has 100 valence electrons. The molecule has 0 aromatic heterocycles. The zero-order chi connectivity index (χ0) is 13.9. The van der Waals surface area contributed by atoms with Gasteiger partial charge in [0.2, 0.25) is 0 Å². The second-order valence-corrected chi connectivity index (χ2v) is 3.46. The summed E-state index contributed by atoms with van der Waals surface area (Å²) in [7, 11) is 0. The number of carbonyl (C=O) groups excluding carboxylic acids is 1. The molecule has 1 atom stereocenters. The monoisotopic (exact) mass is 265 g/mol. The average molecular weight is 265 g/mol. The number of esters is 1. The summed E-state index contributed by atoms with van der Waals surface area (Å²) < 4.78 is 54.9. The number of benzene rings is 1. The van der Waals surface area contributed by atoms with Gasteiger partial charge in [-0.3, -0.25) is 0 Å². The predicted octanol–water partition coefficient (Wildman–Crippen LogP) is 2.41. The maximum Gasteiger partial charge on any atom is 0.416 e. The van der Waals surface area contributed by atoms with E-state index in [0.29, 0.717) is 12.1 Å². The summed E-state index contributed by atoms with van der Waals surface area (Å²) in [5, 5.41) is 0. The molecule has 0 bridgehead atoms. The van der Waals surface area contributed by atoms with Crippen molar-refractivity contribution in [3.05, 3.63) is 35.1 Å². The number of ether oxygens (including phenoxy) is 1. The van der Waals surface area contributed by atoms with Crippen LogP contribution in [0.25, 0.3) is 0 Å². The molecule has 1 unspecified atom stereocenters. The van der Waals surface area contributed by atoms with Crippen molar-refractivity contribution in [2.45, 2.75) is 19.1 Å². The lowest BCUT2D eigenvalue weighted by atomic mass is 10.0. The van der Waals surface area contributed by atoms with Crippen molar-refractivity contribution in [2.24, 2.45) is 5.73 Å². The number of hydrogen-bond donors (Lipinski definition) is 1. The summed E-state index contributed by atoms with van der Waals surface area (Å²) in [6.45, 7) is 1.59. The molecule has 0 amide bonds. The highest BCUT2D eigenvalue weighted by Gasteiger charge is 2.32. The molecule has 1 aromatic carbocycles. The van der Waals surface area contributed by atoms with Gasteiger partial charge in [0.05, 0.1) is 12.2 Å². The molecular weight excluding hydrogens is 254 g/mol. The lowest BCUT2D eigenvalue weighted by Crippen LogP contribution is -2.25. The Labute approximate surface area is 101 Å². The van der Waals surface area contributed by atoms with Crippen LogP contribution >= 0.6 is 0 Å². The number of carbonyl (C=O) groups is 1. The first-order valence-corrected chi connectivity index (χ1v) is 5.06. The highest BCUT2D eigenvalue weighted by atomic mass is 19.4. The van der Waals surface area contributed by atoms with E-state index >= 15 is 0 Å². The van der Waals surface area contributed by atoms with Crippen molar-refractivity contribution in [1.82, 2.24) is 0 Å². The van der Waals surface area contributed by atoms with Crippen LogP contribution in [0.15, 0.2) is 18.2 Å². The molecule has 0 saturated carbocycles. The Balaban J connectivity index is 3.02. The van der Waals surface area contributed by atoms with Gasteiger partial charge >= 0.3 is 12.1 Å². The molecule has 2 N–H and O–H groups in total. The number of hydrogen-bond acceptors (Lipinski definition) is 3. The van der Waals surface area contributed by atoms with Crippen LogP contribution in [0.1, 0.15) is 24.1 Å². The maximum absolute atomic E-state index is 13.4. The third kappa shape index (κ3) is 3.19. The second kappa shape index (κ2) is 5.34. The Morgan fingerprint density at radius 2 is 2.06 bits per heavy atom. The highest BCUT2D eigenvalue weighted by Crippen LogP contribution is 2.31. The first-order chi connectivity index (χ1) is 8.27. The lowest BCUT2D eigenvalue weighted by molar-refractivity contribution is -0.144. The van der Waals surface area contributed by atoms with Crippen molar-refractivity contribution in [2.75, 3.05) is 6.61 Å². The fourth-order valence-electron chi connectivity index (χ4n) is 1.31. The van der Waals surface area contributed by atoms with Gasteiger partial charge in [0.1, 0.15) is 11.9 Å². The number of rotatable bonds is 3. The fraction of sp³-hybridized carbons (Fsp3) is 0.364. The Morgan fingerprint density at radius 1 is 1.44 bits per heavy atom. The Hall–Kier alpha value is -1.63. The molecular formula is C11H11F4NO2. The van der Waals surface area contributed by atoms with Gasteiger partial charge in [0.15, 0.2) is 0 Å². The number of alkyl halides is 3. The molecule has 0 spiro atoms. The van der Waals surface area contributed by atoms with Crippen molar-refractivity contribution in [1.29, 1.82) is 0 Å². The molecule has 0 heterocycles. The minimum Gasteiger partial charge on any atom is -0.465 e. The van der Waals surface area contributed by atoms with Gasteiger partial charge in [0.25, 0.3) is 0 Å². The van der Waals surface area contributed by atoms with Gasteiger partial charge in [-0.25, -0.2) is 9.18 Å². The van der Waals surface area contributed by atoms with E-state index < -0.39 is 29.6 Å². The van der Waals surface area contributed by atoms with Gasteiger partial charge in [-0.05, 0) is 19.1 Å². The van der Waals surface area contributed by atoms with Crippen LogP contribution in [0.3, 0.4) is 0 Å². The van der Waals surface area contributed by atoms with Crippen molar-refractivity contribution in [3.63, 3.8) is 0 Å². The van der Waals surface area contributed by atoms with Gasteiger partial charge in [-0.15, -0.1) is 0 Å². The molecule has 0 fully saturated rings. The maximum atomic E-state index is 13.4. The van der Waals surface area contributed by atoms with Crippen LogP contribution in [0, 0.1) is 5.82 Å². The van der Waals surface area contributed by atoms with Crippen LogP contribution in [0.5, 0.6) is 0 Å². The van der Waals surface area contributed by atoms with Crippen LogP contribution in [0.2, 0.25) is 0 Å². The highest BCUT2D eigenvalue weighted by molar-refractivity contribution is 5.77. The number of halogens is 4. The summed E-state index contributed by atoms with van der Waals surface area (Å²) in [6.07, 6.45) is -4.65. The standard InChI is InChI=1S/C11H11F4NO2/c1-2-18-10(17)9(16)7-4-3-6(5-8(7)12)11(13,14)15/h3-5,9H,2,16H2,1H3. The Morgan fingerprint density at radius 3 is 2.50 bits per heavy atom. The zero-order valence-corrected chi connectivity index (χ0v) is 9.42. The van der Waals surface area contributed by atoms with E-state index in [4.69, 9.17) is 5.73 Å². The van der Waals surface area contributed by atoms with Crippen molar-refractivity contribution >= 4 is 5.97 Å². The van der Waals surface area contributed by atoms with E-state index in [1.165, 1.54) is 6.92 Å². The van der Waals surface area contributed by atoms with Gasteiger partial charge < -0.3 is 10.5 Å². The third-order valence-corrected chi connectivity index (χ3v) is 2.20. The van der Waals surface area contributed by atoms with Gasteiger partial charge in [-0.1, -0.05) is 6.07 Å². The topological polar surface area (TPSA) is 52.3 Å². The van der Waals surface area contributed by atoms with Crippen LogP contribution < -0.4 is 5.73 Å². The first-order valence-electron chi connectivity index (χ1n) is 5.06. The molecule has 0 aliphatic carbocycles. The quantitative estimate of drug-likeness (QED) is 0.674. The zero-order valence-electron chi connectivity index (χ0n) is 9.42. The SMILES string of the molecule is CCOC(=O)C(N)c1ccc(C(F)(F)F)cc1F. The fourth-order valence-corrected chi connectivity index (χ4v) is 1.31. The third-order valence-electron chi connectivity index (χ3n) is 2.20. The van der Waals surface area contributed by atoms with Gasteiger partial charge in [-0.2, -0.15) is 13.2 Å². The minimum absolute atomic E-state index is 0.0504. The molecule has 18 heavy (non-hydrogen) atoms. The van der Waals surface area contributed by atoms with E-state index in [-0.39, 0.29) is 12.2 Å². The van der Waals surface area contributed by atoms with E-state index in [2.05, 4.69) is 4.74 Å². The molecule has 1 rings (SSSR count). The molecule has 7 heteroatoms. The second-order valence-electron chi connectivity index (χ2n) is 3.46. The summed E-state index contributed by atoms with van der Waals surface area (Å²) in [5.41, 5.74) is 3.92. The Bertz CT molecular complexity index is 445. The molecule has 0 radical (unpaired) electrons. The molecule has 1 aromatic rings. The van der Waals surface area contributed by atoms with Crippen molar-refractivity contribution < 1.29 is 27.1 Å². The van der Waals surface area contributed by atoms with E-state index in [1.807, 2.05) is 0 Å². The molecule has 3 nitrogen and oxygen atoms in total. The lowest BCUT2D eigenvalue weighted by Gasteiger charge is -2.13. The minimum atomic E-state index is -4.65. The largest absolute Gasteiger partial charge is 0.465 e. The summed E-state index contributed by atoms with van der Waals surface area (Å²) >= 11 is 0. The molecule has 0 saturated heterocycles. The Kier molecular flexibility index (Phi) is 4.28. The van der Waals surface area contributed by atoms with Gasteiger partial charge in [0, 0.05) is 5.56 Å². The van der Waals surface area contributed by atoms with Crippen molar-refractivity contribution in [3.8, 4) is 0 Å². The predicted molar refractivity (Wildman–Crippen MR) is 55.0 cm³/mol. The number of nitrogens with two attached hydrogens (primary N) is 1. The van der Waals surface area contributed by atoms with E-state index in [9.17, 15) is 22.4 Å². The normalized spacial score (nSPS) is 13.2. The van der Waals surface area contributed by atoms with E-state index in [1.54, 1.807) is 0 Å².